The lowest BCUT2D eigenvalue weighted by Gasteiger charge is -2.38. The molecule has 0 radical (unpaired) electrons. The number of aliphatic hydroxyl groups excluding tert-OH is 2. The van der Waals surface area contributed by atoms with E-state index in [1.807, 2.05) is 0 Å². The molecule has 3 heteroatoms. The summed E-state index contributed by atoms with van der Waals surface area (Å²) in [6.07, 6.45) is 8.88. The Hall–Kier alpha value is 0.650. The van der Waals surface area contributed by atoms with Gasteiger partial charge in [0.05, 0.1) is 12.2 Å². The lowest BCUT2D eigenvalue weighted by molar-refractivity contribution is 0.00422. The summed E-state index contributed by atoms with van der Waals surface area (Å²) < 4.78 is 0.457. The molecule has 0 saturated heterocycles. The molecular weight excluding hydrogens is 315 g/mol. The number of aliphatic hydroxyl groups is 2. The van der Waals surface area contributed by atoms with Crippen LogP contribution in [-0.4, -0.2) is 26.3 Å². The van der Waals surface area contributed by atoms with Crippen molar-refractivity contribution in [1.29, 1.82) is 0 Å². The molecule has 0 aromatic rings. The number of alkyl halides is 1. The first-order chi connectivity index (χ1) is 7.68. The normalized spacial score (nSPS) is 39.6. The van der Waals surface area contributed by atoms with Gasteiger partial charge in [0.1, 0.15) is 0 Å². The van der Waals surface area contributed by atoms with E-state index in [-0.39, 0.29) is 12.2 Å². The zero-order chi connectivity index (χ0) is 11.5. The lowest BCUT2D eigenvalue weighted by Crippen LogP contribution is -2.40. The second-order valence-corrected chi connectivity index (χ2v) is 7.14. The Bertz CT molecular complexity index is 216. The summed E-state index contributed by atoms with van der Waals surface area (Å²) in [7, 11) is 0. The molecule has 2 fully saturated rings. The molecule has 2 N–H and O–H groups in total. The number of hydrogen-bond acceptors (Lipinski definition) is 2. The van der Waals surface area contributed by atoms with E-state index >= 15 is 0 Å². The van der Waals surface area contributed by atoms with Crippen molar-refractivity contribution in [2.75, 3.05) is 0 Å². The quantitative estimate of drug-likeness (QED) is 0.600. The highest BCUT2D eigenvalue weighted by atomic mass is 127. The summed E-state index contributed by atoms with van der Waals surface area (Å²) in [5, 5.41) is 20.1. The maximum atomic E-state index is 10.5. The highest BCUT2D eigenvalue weighted by Crippen LogP contribution is 2.38. The molecule has 2 saturated carbocycles. The second kappa shape index (κ2) is 6.01. The molecule has 16 heavy (non-hydrogen) atoms. The highest BCUT2D eigenvalue weighted by molar-refractivity contribution is 14.1. The fourth-order valence-corrected chi connectivity index (χ4v) is 4.70. The summed E-state index contributed by atoms with van der Waals surface area (Å²) in [5.74, 6) is 0.957. The smallest absolute Gasteiger partial charge is 0.0606 e. The minimum Gasteiger partial charge on any atom is -0.393 e. The van der Waals surface area contributed by atoms with Gasteiger partial charge in [-0.3, -0.25) is 0 Å². The molecule has 2 rings (SSSR count). The van der Waals surface area contributed by atoms with Crippen molar-refractivity contribution in [2.45, 2.75) is 67.5 Å². The van der Waals surface area contributed by atoms with Crippen LogP contribution in [0.2, 0.25) is 0 Å². The SMILES string of the molecule is OC1CCC(C(O)C2CCCCC2)C(I)C1. The molecule has 0 aliphatic heterocycles. The van der Waals surface area contributed by atoms with Gasteiger partial charge in [0.2, 0.25) is 0 Å². The zero-order valence-electron chi connectivity index (χ0n) is 9.82. The van der Waals surface area contributed by atoms with Crippen molar-refractivity contribution in [1.82, 2.24) is 0 Å². The predicted molar refractivity (Wildman–Crippen MR) is 73.7 cm³/mol. The molecule has 4 unspecified atom stereocenters. The van der Waals surface area contributed by atoms with Gasteiger partial charge in [-0.1, -0.05) is 41.9 Å². The number of rotatable bonds is 2. The molecule has 0 spiro atoms. The van der Waals surface area contributed by atoms with E-state index in [0.717, 1.165) is 19.3 Å². The highest BCUT2D eigenvalue weighted by Gasteiger charge is 2.36. The third-order valence-corrected chi connectivity index (χ3v) is 5.80. The first-order valence-electron chi connectivity index (χ1n) is 6.68. The van der Waals surface area contributed by atoms with Gasteiger partial charge < -0.3 is 10.2 Å². The summed E-state index contributed by atoms with van der Waals surface area (Å²) in [4.78, 5) is 0. The van der Waals surface area contributed by atoms with Gasteiger partial charge in [0.25, 0.3) is 0 Å². The second-order valence-electron chi connectivity index (χ2n) is 5.54. The molecule has 0 amide bonds. The largest absolute Gasteiger partial charge is 0.393 e. The number of halogens is 1. The molecule has 2 nitrogen and oxygen atoms in total. The monoisotopic (exact) mass is 338 g/mol. The Morgan fingerprint density at radius 1 is 1.00 bits per heavy atom. The summed E-state index contributed by atoms with van der Waals surface area (Å²) in [6, 6.07) is 0. The van der Waals surface area contributed by atoms with Gasteiger partial charge in [-0.05, 0) is 43.9 Å². The van der Waals surface area contributed by atoms with E-state index in [1.54, 1.807) is 0 Å². The molecule has 0 heterocycles. The van der Waals surface area contributed by atoms with Gasteiger partial charge in [0, 0.05) is 3.92 Å². The maximum Gasteiger partial charge on any atom is 0.0606 e. The lowest BCUT2D eigenvalue weighted by atomic mass is 9.75. The van der Waals surface area contributed by atoms with E-state index in [9.17, 15) is 10.2 Å². The van der Waals surface area contributed by atoms with Crippen LogP contribution < -0.4 is 0 Å². The molecule has 4 atom stereocenters. The molecule has 0 aromatic carbocycles. The van der Waals surface area contributed by atoms with Crippen molar-refractivity contribution in [3.8, 4) is 0 Å². The Morgan fingerprint density at radius 2 is 1.69 bits per heavy atom. The van der Waals surface area contributed by atoms with Crippen molar-refractivity contribution in [2.24, 2.45) is 11.8 Å². The van der Waals surface area contributed by atoms with Crippen LogP contribution in [0.25, 0.3) is 0 Å². The van der Waals surface area contributed by atoms with Crippen LogP contribution in [0.5, 0.6) is 0 Å². The van der Waals surface area contributed by atoms with Crippen LogP contribution in [0.15, 0.2) is 0 Å². The van der Waals surface area contributed by atoms with E-state index < -0.39 is 0 Å². The molecule has 94 valence electrons. The topological polar surface area (TPSA) is 40.5 Å². The fourth-order valence-electron chi connectivity index (χ4n) is 3.33. The third-order valence-electron chi connectivity index (χ3n) is 4.37. The third kappa shape index (κ3) is 3.10. The van der Waals surface area contributed by atoms with E-state index in [2.05, 4.69) is 22.6 Å². The summed E-state index contributed by atoms with van der Waals surface area (Å²) >= 11 is 2.43. The predicted octanol–water partition coefficient (Wildman–Crippen LogP) is 2.89. The van der Waals surface area contributed by atoms with Crippen LogP contribution in [0, 0.1) is 11.8 Å². The Morgan fingerprint density at radius 3 is 2.31 bits per heavy atom. The maximum absolute atomic E-state index is 10.5. The van der Waals surface area contributed by atoms with E-state index in [4.69, 9.17) is 0 Å². The van der Waals surface area contributed by atoms with Crippen LogP contribution >= 0.6 is 22.6 Å². The van der Waals surface area contributed by atoms with E-state index in [1.165, 1.54) is 32.1 Å². The molecule has 2 aliphatic carbocycles. The average molecular weight is 338 g/mol. The van der Waals surface area contributed by atoms with Gasteiger partial charge in [0.15, 0.2) is 0 Å². The van der Waals surface area contributed by atoms with Crippen LogP contribution in [0.3, 0.4) is 0 Å². The Balaban J connectivity index is 1.90. The molecule has 2 aliphatic rings. The zero-order valence-corrected chi connectivity index (χ0v) is 12.0. The van der Waals surface area contributed by atoms with Crippen LogP contribution in [0.1, 0.15) is 51.4 Å². The Kier molecular flexibility index (Phi) is 4.91. The van der Waals surface area contributed by atoms with Gasteiger partial charge in [-0.15, -0.1) is 0 Å². The first-order valence-corrected chi connectivity index (χ1v) is 7.93. The average Bonchev–Trinajstić information content (AvgIpc) is 2.29. The van der Waals surface area contributed by atoms with Gasteiger partial charge in [-0.25, -0.2) is 0 Å². The molecule has 0 aromatic heterocycles. The minimum absolute atomic E-state index is 0.116. The van der Waals surface area contributed by atoms with E-state index in [0.29, 0.717) is 15.8 Å². The minimum atomic E-state index is -0.128. The fraction of sp³-hybridized carbons (Fsp3) is 1.00. The van der Waals surface area contributed by atoms with Gasteiger partial charge >= 0.3 is 0 Å². The van der Waals surface area contributed by atoms with Crippen LogP contribution in [-0.2, 0) is 0 Å². The van der Waals surface area contributed by atoms with Crippen LogP contribution in [0.4, 0.5) is 0 Å². The summed E-state index contributed by atoms with van der Waals surface area (Å²) in [5.41, 5.74) is 0. The first kappa shape index (κ1) is 13.1. The number of hydrogen-bond donors (Lipinski definition) is 2. The van der Waals surface area contributed by atoms with Crippen molar-refractivity contribution < 1.29 is 10.2 Å². The molecular formula is C13H23IO2. The van der Waals surface area contributed by atoms with Crippen molar-refractivity contribution in [3.63, 3.8) is 0 Å². The molecule has 0 bridgehead atoms. The van der Waals surface area contributed by atoms with Crippen molar-refractivity contribution >= 4 is 22.6 Å². The van der Waals surface area contributed by atoms with Crippen molar-refractivity contribution in [3.05, 3.63) is 0 Å². The standard InChI is InChI=1S/C13H23IO2/c14-12-8-10(15)6-7-11(12)13(16)9-4-2-1-3-5-9/h9-13,15-16H,1-8H2. The Labute approximate surface area is 112 Å². The summed E-state index contributed by atoms with van der Waals surface area (Å²) in [6.45, 7) is 0. The van der Waals surface area contributed by atoms with Gasteiger partial charge in [-0.2, -0.15) is 0 Å².